The van der Waals surface area contributed by atoms with Crippen molar-refractivity contribution in [2.45, 2.75) is 39.5 Å². The molecule has 4 heteroatoms. The molecule has 0 unspecified atom stereocenters. The highest BCUT2D eigenvalue weighted by molar-refractivity contribution is 5.91. The van der Waals surface area contributed by atoms with Gasteiger partial charge < -0.3 is 9.47 Å². The van der Waals surface area contributed by atoms with Crippen LogP contribution in [-0.2, 0) is 0 Å². The van der Waals surface area contributed by atoms with E-state index < -0.39 is 0 Å². The van der Waals surface area contributed by atoms with E-state index in [9.17, 15) is 4.79 Å². The number of aliphatic imine (C=N–C) groups is 1. The van der Waals surface area contributed by atoms with Gasteiger partial charge in [0.15, 0.2) is 0 Å². The molecular formula is C27H29NO3. The van der Waals surface area contributed by atoms with Gasteiger partial charge in [-0.15, -0.1) is 0 Å². The number of aryl methyl sites for hydroxylation is 1. The van der Waals surface area contributed by atoms with Crippen molar-refractivity contribution in [2.75, 3.05) is 6.61 Å². The number of hydrogen-bond acceptors (Lipinski definition) is 4. The fraction of sp³-hybridized carbons (Fsp3) is 0.259. The molecule has 0 atom stereocenters. The zero-order valence-electron chi connectivity index (χ0n) is 18.2. The third-order valence-electron chi connectivity index (χ3n) is 4.81. The quantitative estimate of drug-likeness (QED) is 0.156. The average molecular weight is 416 g/mol. The number of benzene rings is 3. The summed E-state index contributed by atoms with van der Waals surface area (Å²) in [5, 5.41) is 0. The molecule has 0 heterocycles. The molecule has 0 aliphatic carbocycles. The minimum absolute atomic E-state index is 0.383. The van der Waals surface area contributed by atoms with Crippen LogP contribution in [0, 0.1) is 6.92 Å². The van der Waals surface area contributed by atoms with Crippen LogP contribution in [0.25, 0.3) is 0 Å². The molecule has 160 valence electrons. The minimum atomic E-state index is -0.383. The molecule has 0 saturated carbocycles. The average Bonchev–Trinajstić information content (AvgIpc) is 2.79. The Balaban J connectivity index is 1.51. The smallest absolute Gasteiger partial charge is 0.343 e. The SMILES string of the molecule is CCCCCCOc1ccc(C=Nc2ccc(C(=O)Oc3cccc(C)c3)cc2)cc1. The standard InChI is InChI=1S/C27H29NO3/c1-3-4-5-6-18-30-25-16-10-22(11-17-25)20-28-24-14-12-23(13-15-24)27(29)31-26-9-7-8-21(2)19-26/h7-17,19-20H,3-6,18H2,1-2H3. The number of unbranched alkanes of at least 4 members (excludes halogenated alkanes) is 3. The Labute approximate surface area is 184 Å². The summed E-state index contributed by atoms with van der Waals surface area (Å²) in [4.78, 5) is 16.8. The first-order chi connectivity index (χ1) is 15.1. The van der Waals surface area contributed by atoms with Gasteiger partial charge in [0.2, 0.25) is 0 Å². The van der Waals surface area contributed by atoms with Crippen LogP contribution >= 0.6 is 0 Å². The summed E-state index contributed by atoms with van der Waals surface area (Å²) in [6, 6.07) is 22.4. The number of ether oxygens (including phenoxy) is 2. The van der Waals surface area contributed by atoms with Crippen LogP contribution in [0.5, 0.6) is 11.5 Å². The second-order valence-corrected chi connectivity index (χ2v) is 7.49. The summed E-state index contributed by atoms with van der Waals surface area (Å²) in [5.74, 6) is 1.04. The van der Waals surface area contributed by atoms with Gasteiger partial charge in [-0.2, -0.15) is 0 Å². The second-order valence-electron chi connectivity index (χ2n) is 7.49. The summed E-state index contributed by atoms with van der Waals surface area (Å²) >= 11 is 0. The van der Waals surface area contributed by atoms with Gasteiger partial charge in [-0.05, 0) is 85.1 Å². The highest BCUT2D eigenvalue weighted by atomic mass is 16.5. The lowest BCUT2D eigenvalue weighted by Gasteiger charge is -2.06. The first-order valence-electron chi connectivity index (χ1n) is 10.8. The van der Waals surface area contributed by atoms with Crippen molar-refractivity contribution < 1.29 is 14.3 Å². The zero-order chi connectivity index (χ0) is 21.9. The van der Waals surface area contributed by atoms with Crippen LogP contribution in [0.4, 0.5) is 5.69 Å². The van der Waals surface area contributed by atoms with Gasteiger partial charge in [0, 0.05) is 6.21 Å². The van der Waals surface area contributed by atoms with E-state index in [4.69, 9.17) is 9.47 Å². The molecular weight excluding hydrogens is 386 g/mol. The molecule has 0 fully saturated rings. The van der Waals surface area contributed by atoms with Crippen molar-refractivity contribution in [3.8, 4) is 11.5 Å². The summed E-state index contributed by atoms with van der Waals surface area (Å²) in [6.07, 6.45) is 6.59. The van der Waals surface area contributed by atoms with Crippen molar-refractivity contribution in [2.24, 2.45) is 4.99 Å². The molecule has 3 aromatic rings. The summed E-state index contributed by atoms with van der Waals surface area (Å²) in [6.45, 7) is 4.92. The van der Waals surface area contributed by atoms with Crippen molar-refractivity contribution in [1.29, 1.82) is 0 Å². The second kappa shape index (κ2) is 11.7. The lowest BCUT2D eigenvalue weighted by molar-refractivity contribution is 0.0735. The molecule has 0 radical (unpaired) electrons. The highest BCUT2D eigenvalue weighted by Gasteiger charge is 2.08. The molecule has 3 aromatic carbocycles. The normalized spacial score (nSPS) is 10.9. The largest absolute Gasteiger partial charge is 0.494 e. The van der Waals surface area contributed by atoms with Gasteiger partial charge in [0.1, 0.15) is 11.5 Å². The van der Waals surface area contributed by atoms with E-state index in [1.807, 2.05) is 49.4 Å². The predicted octanol–water partition coefficient (Wildman–Crippen LogP) is 6.92. The zero-order valence-corrected chi connectivity index (χ0v) is 18.2. The molecule has 0 aromatic heterocycles. The van der Waals surface area contributed by atoms with Crippen LogP contribution < -0.4 is 9.47 Å². The number of esters is 1. The van der Waals surface area contributed by atoms with Gasteiger partial charge in [0.05, 0.1) is 17.9 Å². The Bertz CT molecular complexity index is 992. The Kier molecular flexibility index (Phi) is 8.41. The summed E-state index contributed by atoms with van der Waals surface area (Å²) in [5.41, 5.74) is 3.28. The minimum Gasteiger partial charge on any atom is -0.494 e. The monoisotopic (exact) mass is 415 g/mol. The van der Waals surface area contributed by atoms with E-state index in [1.165, 1.54) is 19.3 Å². The lowest BCUT2D eigenvalue weighted by atomic mass is 10.2. The number of hydrogen-bond donors (Lipinski definition) is 0. The highest BCUT2D eigenvalue weighted by Crippen LogP contribution is 2.18. The van der Waals surface area contributed by atoms with E-state index >= 15 is 0 Å². The maximum Gasteiger partial charge on any atom is 0.343 e. The number of carbonyl (C=O) groups is 1. The Hall–Kier alpha value is -3.40. The fourth-order valence-corrected chi connectivity index (χ4v) is 3.05. The van der Waals surface area contributed by atoms with Crippen LogP contribution in [-0.4, -0.2) is 18.8 Å². The Morgan fingerprint density at radius 1 is 0.903 bits per heavy atom. The maximum absolute atomic E-state index is 12.3. The maximum atomic E-state index is 12.3. The lowest BCUT2D eigenvalue weighted by Crippen LogP contribution is -2.08. The van der Waals surface area contributed by atoms with E-state index in [1.54, 1.807) is 36.5 Å². The van der Waals surface area contributed by atoms with Crippen LogP contribution in [0.15, 0.2) is 77.8 Å². The first-order valence-corrected chi connectivity index (χ1v) is 10.8. The molecule has 0 spiro atoms. The number of rotatable bonds is 10. The molecule has 4 nitrogen and oxygen atoms in total. The molecule has 0 amide bonds. The van der Waals surface area contributed by atoms with Gasteiger partial charge in [-0.3, -0.25) is 4.99 Å². The van der Waals surface area contributed by atoms with E-state index in [0.717, 1.165) is 35.6 Å². The van der Waals surface area contributed by atoms with Crippen molar-refractivity contribution in [3.05, 3.63) is 89.5 Å². The predicted molar refractivity (Wildman–Crippen MR) is 126 cm³/mol. The number of carbonyl (C=O) groups excluding carboxylic acids is 1. The van der Waals surface area contributed by atoms with Crippen molar-refractivity contribution in [3.63, 3.8) is 0 Å². The van der Waals surface area contributed by atoms with E-state index in [-0.39, 0.29) is 5.97 Å². The van der Waals surface area contributed by atoms with Gasteiger partial charge >= 0.3 is 5.97 Å². The van der Waals surface area contributed by atoms with Gasteiger partial charge in [0.25, 0.3) is 0 Å². The molecule has 0 N–H and O–H groups in total. The third-order valence-corrected chi connectivity index (χ3v) is 4.81. The molecule has 31 heavy (non-hydrogen) atoms. The summed E-state index contributed by atoms with van der Waals surface area (Å²) < 4.78 is 11.2. The van der Waals surface area contributed by atoms with Crippen LogP contribution in [0.3, 0.4) is 0 Å². The van der Waals surface area contributed by atoms with E-state index in [0.29, 0.717) is 11.3 Å². The van der Waals surface area contributed by atoms with Crippen molar-refractivity contribution >= 4 is 17.9 Å². The van der Waals surface area contributed by atoms with Crippen LogP contribution in [0.1, 0.15) is 54.1 Å². The summed E-state index contributed by atoms with van der Waals surface area (Å²) in [7, 11) is 0. The molecule has 0 aliphatic rings. The Morgan fingerprint density at radius 2 is 1.68 bits per heavy atom. The molecule has 0 aliphatic heterocycles. The van der Waals surface area contributed by atoms with Crippen molar-refractivity contribution in [1.82, 2.24) is 0 Å². The van der Waals surface area contributed by atoms with Gasteiger partial charge in [-0.25, -0.2) is 4.79 Å². The molecule has 0 bridgehead atoms. The molecule has 0 saturated heterocycles. The van der Waals surface area contributed by atoms with Gasteiger partial charge in [-0.1, -0.05) is 38.3 Å². The van der Waals surface area contributed by atoms with E-state index in [2.05, 4.69) is 11.9 Å². The Morgan fingerprint density at radius 3 is 2.39 bits per heavy atom. The number of nitrogens with zero attached hydrogens (tertiary/aromatic N) is 1. The first kappa shape index (κ1) is 22.3. The van der Waals surface area contributed by atoms with Crippen LogP contribution in [0.2, 0.25) is 0 Å². The topological polar surface area (TPSA) is 47.9 Å². The molecule has 3 rings (SSSR count). The third kappa shape index (κ3) is 7.41. The fourth-order valence-electron chi connectivity index (χ4n) is 3.05.